The number of allylic oxidation sites excluding steroid dienone is 1. The van der Waals surface area contributed by atoms with Gasteiger partial charge >= 0.3 is 12.1 Å². The Morgan fingerprint density at radius 1 is 1.17 bits per heavy atom. The minimum Gasteiger partial charge on any atom is -0.489 e. The van der Waals surface area contributed by atoms with Crippen molar-refractivity contribution in [1.82, 2.24) is 10.2 Å². The Morgan fingerprint density at radius 3 is 2.61 bits per heavy atom. The molecule has 0 saturated carbocycles. The van der Waals surface area contributed by atoms with Gasteiger partial charge in [0, 0.05) is 12.1 Å². The van der Waals surface area contributed by atoms with Gasteiger partial charge in [-0.15, -0.1) is 0 Å². The fraction of sp³-hybridized carbons (Fsp3) is 0.280. The highest BCUT2D eigenvalue weighted by molar-refractivity contribution is 6.09. The molecule has 4 rings (SSSR count). The Labute approximate surface area is 206 Å². The molecule has 1 aromatic rings. The number of hydrogen-bond donors (Lipinski definition) is 1. The number of nitrogens with one attached hydrogen (secondary N) is 1. The quantitative estimate of drug-likeness (QED) is 0.253. The van der Waals surface area contributed by atoms with Crippen LogP contribution in [0.25, 0.3) is 0 Å². The molecule has 2 saturated heterocycles. The van der Waals surface area contributed by atoms with Gasteiger partial charge in [0.25, 0.3) is 11.8 Å². The van der Waals surface area contributed by atoms with E-state index in [1.807, 2.05) is 0 Å². The normalized spacial score (nSPS) is 22.0. The molecular formula is C25H24FN3O7. The first-order chi connectivity index (χ1) is 17.4. The molecule has 3 aliphatic heterocycles. The molecule has 0 spiro atoms. The van der Waals surface area contributed by atoms with E-state index in [4.69, 9.17) is 14.2 Å². The van der Waals surface area contributed by atoms with E-state index in [-0.39, 0.29) is 55.5 Å². The van der Waals surface area contributed by atoms with Gasteiger partial charge in [0.2, 0.25) is 0 Å². The van der Waals surface area contributed by atoms with Crippen molar-refractivity contribution in [2.24, 2.45) is 0 Å². The molecule has 0 radical (unpaired) electrons. The van der Waals surface area contributed by atoms with E-state index in [9.17, 15) is 23.6 Å². The molecule has 2 atom stereocenters. The zero-order valence-electron chi connectivity index (χ0n) is 19.3. The Morgan fingerprint density at radius 2 is 1.89 bits per heavy atom. The molecule has 1 aromatic carbocycles. The second-order valence-electron chi connectivity index (χ2n) is 8.02. The van der Waals surface area contributed by atoms with Gasteiger partial charge < -0.3 is 24.4 Å². The Balaban J connectivity index is 1.60. The van der Waals surface area contributed by atoms with Crippen molar-refractivity contribution in [2.75, 3.05) is 31.3 Å². The van der Waals surface area contributed by atoms with Crippen LogP contribution < -0.4 is 10.2 Å². The molecule has 188 valence electrons. The molecule has 0 aromatic heterocycles. The van der Waals surface area contributed by atoms with Crippen LogP contribution in [0, 0.1) is 5.82 Å². The lowest BCUT2D eigenvalue weighted by Crippen LogP contribution is -2.73. The Hall–Kier alpha value is -4.41. The first kappa shape index (κ1) is 24.7. The third-order valence-corrected chi connectivity index (χ3v) is 5.81. The van der Waals surface area contributed by atoms with Gasteiger partial charge in [-0.2, -0.15) is 0 Å². The topological polar surface area (TPSA) is 114 Å². The molecular weight excluding hydrogens is 473 g/mol. The average Bonchev–Trinajstić information content (AvgIpc) is 3.23. The van der Waals surface area contributed by atoms with Gasteiger partial charge in [-0.25, -0.2) is 14.0 Å². The fourth-order valence-corrected chi connectivity index (χ4v) is 4.13. The Kier molecular flexibility index (Phi) is 7.18. The maximum absolute atomic E-state index is 14.2. The Bertz CT molecular complexity index is 1190. The lowest BCUT2D eigenvalue weighted by Gasteiger charge is -2.49. The fourth-order valence-electron chi connectivity index (χ4n) is 4.13. The van der Waals surface area contributed by atoms with Crippen LogP contribution in [-0.2, 0) is 28.6 Å². The molecule has 3 aliphatic rings. The third-order valence-electron chi connectivity index (χ3n) is 5.81. The number of fused-ring (bicyclic) bond motifs is 1. The summed E-state index contributed by atoms with van der Waals surface area (Å²) in [5.41, 5.74) is 0.224. The number of alkyl carbamates (subject to hydrolysis) is 1. The molecule has 0 unspecified atom stereocenters. The van der Waals surface area contributed by atoms with Crippen molar-refractivity contribution in [3.63, 3.8) is 0 Å². The van der Waals surface area contributed by atoms with Gasteiger partial charge in [0.1, 0.15) is 37.7 Å². The molecule has 0 aliphatic carbocycles. The average molecular weight is 497 g/mol. The van der Waals surface area contributed by atoms with Crippen molar-refractivity contribution in [2.45, 2.75) is 18.5 Å². The number of carbonyl (C=O) groups excluding carboxylic acids is 4. The SMILES string of the molecule is C=CCOC(=O)N[C@@H]1C(=O)N2C(C(=O)OCC=C)=C(/C=C3\CCN(c4ccccc4F)C3=O)OC[C@H]12. The van der Waals surface area contributed by atoms with Gasteiger partial charge in [0.15, 0.2) is 11.5 Å². The van der Waals surface area contributed by atoms with Gasteiger partial charge in [0.05, 0.1) is 5.69 Å². The van der Waals surface area contributed by atoms with Crippen LogP contribution in [0.1, 0.15) is 6.42 Å². The molecule has 1 N–H and O–H groups in total. The number of nitrogens with zero attached hydrogens (tertiary/aromatic N) is 2. The van der Waals surface area contributed by atoms with E-state index in [0.29, 0.717) is 0 Å². The zero-order valence-corrected chi connectivity index (χ0v) is 19.3. The molecule has 0 bridgehead atoms. The number of benzene rings is 1. The number of rotatable bonds is 8. The number of anilines is 1. The molecule has 11 heteroatoms. The highest BCUT2D eigenvalue weighted by atomic mass is 19.1. The maximum Gasteiger partial charge on any atom is 0.408 e. The lowest BCUT2D eigenvalue weighted by molar-refractivity contribution is -0.160. The maximum atomic E-state index is 14.2. The standard InChI is InChI=1S/C25H24FN3O7/c1-3-11-34-24(32)21-19(13-15-9-10-28(22(15)30)17-8-6-5-7-16(17)26)36-14-18-20(23(31)29(18)21)27-25(33)35-12-4-2/h3-8,13,18,20H,1-2,9-12,14H2,(H,27,33)/b15-13+/t18-,20+/m1/s1. The summed E-state index contributed by atoms with van der Waals surface area (Å²) in [5, 5.41) is 2.44. The largest absolute Gasteiger partial charge is 0.489 e. The smallest absolute Gasteiger partial charge is 0.408 e. The number of esters is 1. The highest BCUT2D eigenvalue weighted by Gasteiger charge is 2.55. The predicted octanol–water partition coefficient (Wildman–Crippen LogP) is 1.95. The predicted molar refractivity (Wildman–Crippen MR) is 125 cm³/mol. The van der Waals surface area contributed by atoms with Crippen LogP contribution in [0.3, 0.4) is 0 Å². The number of carbonyl (C=O) groups is 4. The summed E-state index contributed by atoms with van der Waals surface area (Å²) in [6.45, 7) is 6.97. The van der Waals surface area contributed by atoms with Crippen LogP contribution in [0.15, 0.2) is 72.7 Å². The number of hydrogen-bond acceptors (Lipinski definition) is 7. The third kappa shape index (κ3) is 4.59. The molecule has 3 heterocycles. The van der Waals surface area contributed by atoms with E-state index in [0.717, 1.165) is 0 Å². The van der Waals surface area contributed by atoms with Crippen molar-refractivity contribution in [1.29, 1.82) is 0 Å². The number of halogens is 1. The minimum atomic E-state index is -0.969. The first-order valence-corrected chi connectivity index (χ1v) is 11.2. The monoisotopic (exact) mass is 497 g/mol. The van der Waals surface area contributed by atoms with Crippen LogP contribution in [0.2, 0.25) is 0 Å². The van der Waals surface area contributed by atoms with Gasteiger partial charge in [-0.1, -0.05) is 37.4 Å². The summed E-state index contributed by atoms with van der Waals surface area (Å²) in [6.07, 6.45) is 3.57. The number of β-lactam (4-membered cyclic amide) rings is 1. The summed E-state index contributed by atoms with van der Waals surface area (Å²) >= 11 is 0. The zero-order chi connectivity index (χ0) is 25.8. The van der Waals surface area contributed by atoms with Crippen LogP contribution in [0.5, 0.6) is 0 Å². The molecule has 2 fully saturated rings. The number of para-hydroxylation sites is 1. The van der Waals surface area contributed by atoms with Crippen molar-refractivity contribution in [3.05, 3.63) is 78.5 Å². The van der Waals surface area contributed by atoms with Crippen LogP contribution >= 0.6 is 0 Å². The molecule has 36 heavy (non-hydrogen) atoms. The lowest BCUT2D eigenvalue weighted by atomic mass is 9.92. The van der Waals surface area contributed by atoms with Crippen molar-refractivity contribution in [3.8, 4) is 0 Å². The van der Waals surface area contributed by atoms with Crippen LogP contribution in [-0.4, -0.2) is 67.2 Å². The molecule has 10 nitrogen and oxygen atoms in total. The minimum absolute atomic E-state index is 0.0277. The highest BCUT2D eigenvalue weighted by Crippen LogP contribution is 2.35. The first-order valence-electron chi connectivity index (χ1n) is 11.2. The second-order valence-corrected chi connectivity index (χ2v) is 8.02. The van der Waals surface area contributed by atoms with E-state index < -0.39 is 41.8 Å². The van der Waals surface area contributed by atoms with E-state index in [1.54, 1.807) is 6.07 Å². The van der Waals surface area contributed by atoms with Gasteiger partial charge in [-0.05, 0) is 24.6 Å². The van der Waals surface area contributed by atoms with E-state index in [1.165, 1.54) is 46.2 Å². The summed E-state index contributed by atoms with van der Waals surface area (Å²) in [7, 11) is 0. The summed E-state index contributed by atoms with van der Waals surface area (Å²) < 4.78 is 30.0. The number of ether oxygens (including phenoxy) is 3. The van der Waals surface area contributed by atoms with Gasteiger partial charge in [-0.3, -0.25) is 14.5 Å². The van der Waals surface area contributed by atoms with E-state index in [2.05, 4.69) is 18.5 Å². The molecule has 3 amide bonds. The van der Waals surface area contributed by atoms with Crippen LogP contribution in [0.4, 0.5) is 14.9 Å². The summed E-state index contributed by atoms with van der Waals surface area (Å²) in [6, 6.07) is 4.26. The number of amides is 3. The van der Waals surface area contributed by atoms with Crippen molar-refractivity contribution < 1.29 is 37.8 Å². The van der Waals surface area contributed by atoms with E-state index >= 15 is 0 Å². The second kappa shape index (κ2) is 10.5. The summed E-state index contributed by atoms with van der Waals surface area (Å²) in [4.78, 5) is 53.1. The summed E-state index contributed by atoms with van der Waals surface area (Å²) in [5.74, 6) is -2.43. The van der Waals surface area contributed by atoms with Crippen molar-refractivity contribution >= 4 is 29.6 Å².